The van der Waals surface area contributed by atoms with E-state index < -0.39 is 11.8 Å². The molecule has 16 nitrogen and oxygen atoms in total. The van der Waals surface area contributed by atoms with E-state index >= 15 is 0 Å². The lowest BCUT2D eigenvalue weighted by Gasteiger charge is -2.29. The molecule has 0 atom stereocenters. The zero-order valence-electron chi connectivity index (χ0n) is 31.3. The summed E-state index contributed by atoms with van der Waals surface area (Å²) in [6.07, 6.45) is 11.1. The molecule has 4 aromatic heterocycles. The van der Waals surface area contributed by atoms with Crippen molar-refractivity contribution in [3.05, 3.63) is 46.0 Å². The molecule has 0 spiro atoms. The maximum atomic E-state index is 12.0. The topological polar surface area (TPSA) is 207 Å². The Labute approximate surface area is 321 Å². The van der Waals surface area contributed by atoms with Crippen LogP contribution in [-0.4, -0.2) is 103 Å². The third-order valence-corrected chi connectivity index (χ3v) is 10.7. The van der Waals surface area contributed by atoms with Gasteiger partial charge in [-0.3, -0.25) is 19.0 Å². The molecule has 0 unspecified atom stereocenters. The van der Waals surface area contributed by atoms with Crippen LogP contribution in [0.3, 0.4) is 0 Å². The van der Waals surface area contributed by atoms with Crippen molar-refractivity contribution in [1.29, 1.82) is 0 Å². The van der Waals surface area contributed by atoms with Gasteiger partial charge in [0.15, 0.2) is 11.4 Å². The number of aryl methyl sites for hydroxylation is 2. The number of fused-ring (bicyclic) bond motifs is 6. The number of piperidine rings is 2. The molecule has 6 heterocycles. The SMILES string of the molecule is CCOc1ncc2c(n1)-c1c(c(C(N)=O)nn1CC1CCN(C)CC1)CC2.CCOc1ncc2c(n1)-c1c(c(C(N)=O)nn1CC1CCNCC1)CC2.Cl. The van der Waals surface area contributed by atoms with Crippen molar-refractivity contribution in [2.24, 2.45) is 23.3 Å². The van der Waals surface area contributed by atoms with Gasteiger partial charge >= 0.3 is 12.0 Å². The van der Waals surface area contributed by atoms with Crippen LogP contribution in [0.5, 0.6) is 12.0 Å². The van der Waals surface area contributed by atoms with Gasteiger partial charge in [0.25, 0.3) is 11.8 Å². The summed E-state index contributed by atoms with van der Waals surface area (Å²) in [5.41, 5.74) is 19.4. The molecule has 0 bridgehead atoms. The van der Waals surface area contributed by atoms with Crippen LogP contribution in [-0.2, 0) is 38.8 Å². The third kappa shape index (κ3) is 8.20. The summed E-state index contributed by atoms with van der Waals surface area (Å²) in [7, 11) is 2.15. The quantitative estimate of drug-likeness (QED) is 0.213. The Balaban J connectivity index is 0.000000181. The van der Waals surface area contributed by atoms with Crippen molar-refractivity contribution in [3.63, 3.8) is 0 Å². The molecule has 2 amide bonds. The summed E-state index contributed by atoms with van der Waals surface area (Å²) in [5.74, 6) is 0.104. The molecule has 2 aliphatic heterocycles. The largest absolute Gasteiger partial charge is 0.464 e. The molecule has 8 rings (SSSR count). The minimum atomic E-state index is -0.479. The van der Waals surface area contributed by atoms with Crippen LogP contribution in [0.4, 0.5) is 0 Å². The van der Waals surface area contributed by atoms with Crippen LogP contribution >= 0.6 is 12.4 Å². The predicted octanol–water partition coefficient (Wildman–Crippen LogP) is 2.64. The van der Waals surface area contributed by atoms with Crippen molar-refractivity contribution in [2.75, 3.05) is 46.4 Å². The zero-order valence-corrected chi connectivity index (χ0v) is 32.2. The number of carbonyl (C=O) groups is 2. The van der Waals surface area contributed by atoms with E-state index in [1.165, 1.54) is 0 Å². The van der Waals surface area contributed by atoms with Crippen molar-refractivity contribution >= 4 is 24.2 Å². The second-order valence-corrected chi connectivity index (χ2v) is 14.3. The van der Waals surface area contributed by atoms with Gasteiger partial charge in [-0.05, 0) is 121 Å². The molecule has 0 saturated carbocycles. The van der Waals surface area contributed by atoms with Gasteiger partial charge in [-0.25, -0.2) is 9.97 Å². The fourth-order valence-electron chi connectivity index (χ4n) is 7.93. The number of halogens is 1. The molecule has 2 aliphatic carbocycles. The average molecular weight is 763 g/mol. The number of ether oxygens (including phenoxy) is 2. The maximum absolute atomic E-state index is 12.0. The van der Waals surface area contributed by atoms with E-state index in [9.17, 15) is 9.59 Å². The standard InChI is InChI=1S/C19H26N6O2.C18H24N6O2.ClH/c1-3-27-19-21-10-13-4-5-14-16(18(20)26)23-25(17(14)15(13)22-19)11-12-6-8-24(2)9-7-12;1-2-26-18-21-9-12-3-4-13-15(17(19)25)23-24(16(13)14(12)22-18)10-11-5-7-20-8-6-11;/h10,12H,3-9,11H2,1-2H3,(H2,20,26);9,11,20H,2-8,10H2,1H3,(H2,19,25);1H. The molecule has 0 aromatic carbocycles. The number of nitrogens with two attached hydrogens (primary N) is 2. The summed E-state index contributed by atoms with van der Waals surface area (Å²) in [6.45, 7) is 10.6. The first kappa shape index (κ1) is 39.0. The van der Waals surface area contributed by atoms with Gasteiger partial charge in [-0.1, -0.05) is 0 Å². The molecule has 5 N–H and O–H groups in total. The lowest BCUT2D eigenvalue weighted by Crippen LogP contribution is -2.32. The Bertz CT molecular complexity index is 1970. The van der Waals surface area contributed by atoms with Crippen molar-refractivity contribution in [3.8, 4) is 34.8 Å². The number of hydrogen-bond donors (Lipinski definition) is 3. The monoisotopic (exact) mass is 762 g/mol. The Kier molecular flexibility index (Phi) is 12.4. The molecular weight excluding hydrogens is 712 g/mol. The number of primary amides is 2. The molecule has 2 saturated heterocycles. The van der Waals surface area contributed by atoms with Crippen LogP contribution < -0.4 is 26.3 Å². The molecule has 0 radical (unpaired) electrons. The molecule has 2 fully saturated rings. The van der Waals surface area contributed by atoms with Crippen molar-refractivity contribution < 1.29 is 19.1 Å². The second-order valence-electron chi connectivity index (χ2n) is 14.3. The highest BCUT2D eigenvalue weighted by molar-refractivity contribution is 5.95. The van der Waals surface area contributed by atoms with Crippen LogP contribution in [0.15, 0.2) is 12.4 Å². The Morgan fingerprint density at radius 3 is 1.61 bits per heavy atom. The number of rotatable bonds is 10. The van der Waals surface area contributed by atoms with Crippen molar-refractivity contribution in [2.45, 2.75) is 78.3 Å². The minimum Gasteiger partial charge on any atom is -0.464 e. The number of nitrogens with one attached hydrogen (secondary N) is 1. The molecule has 54 heavy (non-hydrogen) atoms. The van der Waals surface area contributed by atoms with Gasteiger partial charge in [0.2, 0.25) is 0 Å². The van der Waals surface area contributed by atoms with E-state index in [0.29, 0.717) is 48.5 Å². The summed E-state index contributed by atoms with van der Waals surface area (Å²) in [6, 6.07) is 0.714. The van der Waals surface area contributed by atoms with Crippen LogP contribution in [0.1, 0.15) is 82.8 Å². The number of hydrogen-bond acceptors (Lipinski definition) is 12. The van der Waals surface area contributed by atoms with E-state index in [1.54, 1.807) is 0 Å². The Morgan fingerprint density at radius 1 is 0.741 bits per heavy atom. The van der Waals surface area contributed by atoms with Crippen LogP contribution in [0.2, 0.25) is 0 Å². The molecule has 17 heteroatoms. The highest BCUT2D eigenvalue weighted by atomic mass is 35.5. The summed E-state index contributed by atoms with van der Waals surface area (Å²) in [4.78, 5) is 44.1. The number of nitrogens with zero attached hydrogens (tertiary/aromatic N) is 9. The lowest BCUT2D eigenvalue weighted by atomic mass is 9.92. The minimum absolute atomic E-state index is 0. The van der Waals surface area contributed by atoms with E-state index in [4.69, 9.17) is 20.9 Å². The van der Waals surface area contributed by atoms with E-state index in [-0.39, 0.29) is 12.4 Å². The van der Waals surface area contributed by atoms with E-state index in [0.717, 1.165) is 136 Å². The smallest absolute Gasteiger partial charge is 0.316 e. The van der Waals surface area contributed by atoms with Gasteiger partial charge in [0, 0.05) is 36.6 Å². The number of carbonyl (C=O) groups excluding carboxylic acids is 2. The van der Waals surface area contributed by atoms with Gasteiger partial charge in [-0.15, -0.1) is 12.4 Å². The molecule has 4 aromatic rings. The van der Waals surface area contributed by atoms with Crippen molar-refractivity contribution in [1.82, 2.24) is 49.7 Å². The summed E-state index contributed by atoms with van der Waals surface area (Å²) in [5, 5.41) is 12.6. The Morgan fingerprint density at radius 2 is 1.19 bits per heavy atom. The number of amides is 2. The first-order chi connectivity index (χ1) is 25.7. The fourth-order valence-corrected chi connectivity index (χ4v) is 7.93. The van der Waals surface area contributed by atoms with Gasteiger partial charge in [-0.2, -0.15) is 20.2 Å². The second kappa shape index (κ2) is 17.2. The highest BCUT2D eigenvalue weighted by Crippen LogP contribution is 2.37. The lowest BCUT2D eigenvalue weighted by molar-refractivity contribution is 0.0985. The van der Waals surface area contributed by atoms with Gasteiger partial charge < -0.3 is 31.2 Å². The van der Waals surface area contributed by atoms with Gasteiger partial charge in [0.05, 0.1) is 36.0 Å². The first-order valence-electron chi connectivity index (χ1n) is 18.9. The maximum Gasteiger partial charge on any atom is 0.316 e. The summed E-state index contributed by atoms with van der Waals surface area (Å²) < 4.78 is 14.9. The molecular formula is C37H51ClN12O4. The zero-order chi connectivity index (χ0) is 37.1. The van der Waals surface area contributed by atoms with Crippen LogP contribution in [0, 0.1) is 11.8 Å². The van der Waals surface area contributed by atoms with E-state index in [2.05, 4.69) is 47.4 Å². The first-order valence-corrected chi connectivity index (χ1v) is 18.9. The molecule has 290 valence electrons. The summed E-state index contributed by atoms with van der Waals surface area (Å²) >= 11 is 0. The third-order valence-electron chi connectivity index (χ3n) is 10.7. The average Bonchev–Trinajstić information content (AvgIpc) is 3.73. The normalized spacial score (nSPS) is 16.8. The fraction of sp³-hybridized carbons (Fsp3) is 0.568. The number of likely N-dealkylation sites (tertiary alicyclic amines) is 1. The highest BCUT2D eigenvalue weighted by Gasteiger charge is 2.32. The predicted molar refractivity (Wildman–Crippen MR) is 204 cm³/mol. The molecule has 4 aliphatic rings. The van der Waals surface area contributed by atoms with E-state index in [1.807, 2.05) is 35.6 Å². The number of aromatic nitrogens is 8. The Hall–Kier alpha value is -4.67. The van der Waals surface area contributed by atoms with Crippen LogP contribution in [0.25, 0.3) is 22.8 Å². The van der Waals surface area contributed by atoms with Gasteiger partial charge in [0.1, 0.15) is 0 Å².